The second kappa shape index (κ2) is 44.5. The minimum atomic E-state index is -0.929. The van der Waals surface area contributed by atoms with Gasteiger partial charge in [0.25, 0.3) is 0 Å². The lowest BCUT2D eigenvalue weighted by Gasteiger charge is -2.21. The third-order valence-corrected chi connectivity index (χ3v) is 11.2. The first-order valence-electron chi connectivity index (χ1n) is 24.1. The average Bonchev–Trinajstić information content (AvgIpc) is 3.16. The Balaban J connectivity index is 3.63. The molecule has 54 heavy (non-hydrogen) atoms. The summed E-state index contributed by atoms with van der Waals surface area (Å²) in [6.45, 7) is 4.23. The number of amides is 1. The van der Waals surface area contributed by atoms with E-state index in [1.54, 1.807) is 6.08 Å². The summed E-state index contributed by atoms with van der Waals surface area (Å²) in [4.78, 5) is 12.5. The van der Waals surface area contributed by atoms with Gasteiger partial charge in [-0.1, -0.05) is 231 Å². The molecule has 0 heterocycles. The molecule has 3 atom stereocenters. The van der Waals surface area contributed by atoms with Gasteiger partial charge in [-0.2, -0.15) is 0 Å². The molecule has 5 heteroatoms. The smallest absolute Gasteiger partial charge is 0.222 e. The second-order valence-electron chi connectivity index (χ2n) is 16.7. The van der Waals surface area contributed by atoms with E-state index in [9.17, 15) is 20.1 Å². The van der Waals surface area contributed by atoms with Gasteiger partial charge in [-0.15, -0.1) is 0 Å². The zero-order valence-electron chi connectivity index (χ0n) is 36.4. The Morgan fingerprint density at radius 1 is 0.463 bits per heavy atom. The second-order valence-corrected chi connectivity index (χ2v) is 16.7. The molecule has 0 aliphatic heterocycles. The molecule has 0 bridgehead atoms. The highest BCUT2D eigenvalue weighted by atomic mass is 16.3. The van der Waals surface area contributed by atoms with Gasteiger partial charge in [-0.05, 0) is 44.9 Å². The topological polar surface area (TPSA) is 89.8 Å². The standard InChI is InChI=1S/C49H95NO4/c1-3-5-7-9-11-13-15-17-19-21-22-23-24-25-27-28-30-32-34-36-38-40-42-46(52)44-49(54)50-47(45-51)48(53)43-41-39-37-35-33-31-29-26-20-18-16-14-12-10-8-6-4-2/h25,27,41,43,46-48,51-53H,3-24,26,28-40,42,44-45H2,1-2H3,(H,50,54)/b27-25-,43-41+. The molecule has 5 nitrogen and oxygen atoms in total. The molecule has 0 aromatic rings. The molecule has 0 rings (SSSR count). The molecular weight excluding hydrogens is 667 g/mol. The number of aliphatic hydroxyl groups excluding tert-OH is 3. The molecule has 0 aliphatic rings. The molecule has 0 radical (unpaired) electrons. The Bertz CT molecular complexity index is 799. The van der Waals surface area contributed by atoms with Gasteiger partial charge in [0.15, 0.2) is 0 Å². The van der Waals surface area contributed by atoms with Crippen LogP contribution in [0, 0.1) is 0 Å². The Labute approximate surface area is 337 Å². The van der Waals surface area contributed by atoms with E-state index in [0.29, 0.717) is 6.42 Å². The third kappa shape index (κ3) is 40.5. The van der Waals surface area contributed by atoms with Crippen LogP contribution in [-0.2, 0) is 4.79 Å². The zero-order chi connectivity index (χ0) is 39.4. The molecule has 1 amide bonds. The molecule has 320 valence electrons. The van der Waals surface area contributed by atoms with Crippen molar-refractivity contribution in [1.29, 1.82) is 0 Å². The van der Waals surface area contributed by atoms with Crippen molar-refractivity contribution in [3.8, 4) is 0 Å². The van der Waals surface area contributed by atoms with Crippen molar-refractivity contribution in [2.75, 3.05) is 6.61 Å². The molecule has 0 saturated heterocycles. The van der Waals surface area contributed by atoms with E-state index in [4.69, 9.17) is 0 Å². The maximum atomic E-state index is 12.5. The number of hydrogen-bond donors (Lipinski definition) is 4. The summed E-state index contributed by atoms with van der Waals surface area (Å²) < 4.78 is 0. The van der Waals surface area contributed by atoms with Crippen molar-refractivity contribution < 1.29 is 20.1 Å². The normalized spacial score (nSPS) is 13.6. The fourth-order valence-electron chi connectivity index (χ4n) is 7.51. The predicted octanol–water partition coefficient (Wildman–Crippen LogP) is 14.2. The van der Waals surface area contributed by atoms with E-state index < -0.39 is 18.2 Å². The van der Waals surface area contributed by atoms with Crippen LogP contribution in [0.1, 0.15) is 258 Å². The quantitative estimate of drug-likeness (QED) is 0.0368. The van der Waals surface area contributed by atoms with Crippen LogP contribution in [0.4, 0.5) is 0 Å². The summed E-state index contributed by atoms with van der Waals surface area (Å²) in [6.07, 6.45) is 54.7. The van der Waals surface area contributed by atoms with Crippen molar-refractivity contribution in [1.82, 2.24) is 5.32 Å². The number of nitrogens with one attached hydrogen (secondary N) is 1. The van der Waals surface area contributed by atoms with Crippen molar-refractivity contribution in [3.63, 3.8) is 0 Å². The van der Waals surface area contributed by atoms with E-state index in [0.717, 1.165) is 25.7 Å². The molecule has 0 saturated carbocycles. The lowest BCUT2D eigenvalue weighted by Crippen LogP contribution is -2.45. The fraction of sp³-hybridized carbons (Fsp3) is 0.898. The number of carbonyl (C=O) groups is 1. The Morgan fingerprint density at radius 3 is 1.13 bits per heavy atom. The van der Waals surface area contributed by atoms with E-state index in [1.165, 1.54) is 205 Å². The van der Waals surface area contributed by atoms with Crippen LogP contribution >= 0.6 is 0 Å². The molecule has 3 unspecified atom stereocenters. The molecule has 0 aromatic heterocycles. The van der Waals surface area contributed by atoms with Crippen LogP contribution in [0.5, 0.6) is 0 Å². The molecule has 0 spiro atoms. The van der Waals surface area contributed by atoms with Gasteiger partial charge in [-0.3, -0.25) is 4.79 Å². The van der Waals surface area contributed by atoms with Crippen LogP contribution in [0.3, 0.4) is 0 Å². The predicted molar refractivity (Wildman–Crippen MR) is 236 cm³/mol. The van der Waals surface area contributed by atoms with E-state index >= 15 is 0 Å². The summed E-state index contributed by atoms with van der Waals surface area (Å²) in [6, 6.07) is -0.744. The van der Waals surface area contributed by atoms with Gasteiger partial charge < -0.3 is 20.6 Å². The molecular formula is C49H95NO4. The molecule has 0 fully saturated rings. The molecule has 0 aromatic carbocycles. The number of carbonyl (C=O) groups excluding carboxylic acids is 1. The maximum absolute atomic E-state index is 12.5. The number of unbranched alkanes of at least 4 members (excludes halogenated alkanes) is 33. The van der Waals surface area contributed by atoms with Crippen molar-refractivity contribution in [3.05, 3.63) is 24.3 Å². The first kappa shape index (κ1) is 52.8. The van der Waals surface area contributed by atoms with E-state index in [1.807, 2.05) is 6.08 Å². The van der Waals surface area contributed by atoms with Crippen molar-refractivity contribution in [2.24, 2.45) is 0 Å². The summed E-state index contributed by atoms with van der Waals surface area (Å²) >= 11 is 0. The first-order chi connectivity index (χ1) is 26.5. The Hall–Kier alpha value is -1.17. The van der Waals surface area contributed by atoms with Crippen LogP contribution < -0.4 is 5.32 Å². The highest BCUT2D eigenvalue weighted by Crippen LogP contribution is 2.16. The number of hydrogen-bond acceptors (Lipinski definition) is 4. The monoisotopic (exact) mass is 762 g/mol. The summed E-state index contributed by atoms with van der Waals surface area (Å²) in [7, 11) is 0. The van der Waals surface area contributed by atoms with Crippen LogP contribution in [0.25, 0.3) is 0 Å². The number of rotatable bonds is 44. The average molecular weight is 762 g/mol. The zero-order valence-corrected chi connectivity index (χ0v) is 36.4. The van der Waals surface area contributed by atoms with Crippen LogP contribution in [0.2, 0.25) is 0 Å². The highest BCUT2D eigenvalue weighted by Gasteiger charge is 2.20. The van der Waals surface area contributed by atoms with Gasteiger partial charge in [-0.25, -0.2) is 0 Å². The third-order valence-electron chi connectivity index (χ3n) is 11.2. The number of aliphatic hydroxyl groups is 3. The lowest BCUT2D eigenvalue weighted by atomic mass is 10.0. The SMILES string of the molecule is CCCCCCCCCCCCCC/C=C\CCCCCCCCC(O)CC(=O)NC(CO)C(O)/C=C/CCCCCCCCCCCCCCCCC. The van der Waals surface area contributed by atoms with E-state index in [2.05, 4.69) is 31.3 Å². The van der Waals surface area contributed by atoms with Crippen molar-refractivity contribution >= 4 is 5.91 Å². The number of allylic oxidation sites excluding steroid dienone is 3. The van der Waals surface area contributed by atoms with Crippen molar-refractivity contribution in [2.45, 2.75) is 276 Å². The maximum Gasteiger partial charge on any atom is 0.222 e. The molecule has 4 N–H and O–H groups in total. The summed E-state index contributed by atoms with van der Waals surface area (Å²) in [5.41, 5.74) is 0. The first-order valence-corrected chi connectivity index (χ1v) is 24.1. The fourth-order valence-corrected chi connectivity index (χ4v) is 7.51. The van der Waals surface area contributed by atoms with Gasteiger partial charge in [0.05, 0.1) is 31.3 Å². The van der Waals surface area contributed by atoms with Gasteiger partial charge in [0.2, 0.25) is 5.91 Å². The highest BCUT2D eigenvalue weighted by molar-refractivity contribution is 5.76. The van der Waals surface area contributed by atoms with Crippen LogP contribution in [-0.4, -0.2) is 46.1 Å². The Kier molecular flexibility index (Phi) is 43.6. The van der Waals surface area contributed by atoms with Gasteiger partial charge >= 0.3 is 0 Å². The minimum absolute atomic E-state index is 0.0116. The van der Waals surface area contributed by atoms with Gasteiger partial charge in [0, 0.05) is 0 Å². The summed E-state index contributed by atoms with van der Waals surface area (Å²) in [5, 5.41) is 33.3. The minimum Gasteiger partial charge on any atom is -0.394 e. The Morgan fingerprint density at radius 2 is 0.778 bits per heavy atom. The van der Waals surface area contributed by atoms with Crippen LogP contribution in [0.15, 0.2) is 24.3 Å². The summed E-state index contributed by atoms with van der Waals surface area (Å²) in [5.74, 6) is -0.316. The largest absolute Gasteiger partial charge is 0.394 e. The molecule has 0 aliphatic carbocycles. The van der Waals surface area contributed by atoms with Gasteiger partial charge in [0.1, 0.15) is 0 Å². The lowest BCUT2D eigenvalue weighted by molar-refractivity contribution is -0.124. The van der Waals surface area contributed by atoms with E-state index in [-0.39, 0.29) is 18.9 Å².